The highest BCUT2D eigenvalue weighted by Crippen LogP contribution is 2.35. The van der Waals surface area contributed by atoms with Gasteiger partial charge in [0.15, 0.2) is 0 Å². The van der Waals surface area contributed by atoms with Crippen molar-refractivity contribution in [2.45, 2.75) is 45.1 Å². The monoisotopic (exact) mass is 267 g/mol. The normalized spacial score (nSPS) is 14.4. The average Bonchev–Trinajstić information content (AvgIpc) is 2.29. The van der Waals surface area contributed by atoms with Crippen LogP contribution in [0.15, 0.2) is 43.0 Å². The van der Waals surface area contributed by atoms with Crippen LogP contribution in [0.3, 0.4) is 0 Å². The van der Waals surface area contributed by atoms with Gasteiger partial charge < -0.3 is 5.73 Å². The quantitative estimate of drug-likeness (QED) is 0.753. The van der Waals surface area contributed by atoms with Gasteiger partial charge in [-0.25, -0.2) is 0 Å². The number of allylic oxidation sites excluding steroid dienone is 1. The van der Waals surface area contributed by atoms with Crippen molar-refractivity contribution >= 4 is 12.4 Å². The highest BCUT2D eigenvalue weighted by molar-refractivity contribution is 5.85. The SMILES string of the molecule is C=CC(c1ccccc1)C(CCC)C(C)(C)N.Cl. The molecule has 0 heterocycles. The highest BCUT2D eigenvalue weighted by atomic mass is 35.5. The lowest BCUT2D eigenvalue weighted by molar-refractivity contribution is 0.274. The lowest BCUT2D eigenvalue weighted by Crippen LogP contribution is -2.43. The second-order valence-electron chi connectivity index (χ2n) is 5.39. The lowest BCUT2D eigenvalue weighted by Gasteiger charge is -2.36. The molecule has 102 valence electrons. The zero-order valence-electron chi connectivity index (χ0n) is 11.7. The van der Waals surface area contributed by atoms with Crippen molar-refractivity contribution in [1.82, 2.24) is 0 Å². The second-order valence-corrected chi connectivity index (χ2v) is 5.39. The molecule has 0 saturated carbocycles. The van der Waals surface area contributed by atoms with Crippen molar-refractivity contribution in [2.75, 3.05) is 0 Å². The van der Waals surface area contributed by atoms with E-state index in [4.69, 9.17) is 5.73 Å². The van der Waals surface area contributed by atoms with Gasteiger partial charge in [0, 0.05) is 11.5 Å². The number of halogens is 1. The minimum absolute atomic E-state index is 0. The van der Waals surface area contributed by atoms with Crippen molar-refractivity contribution in [3.8, 4) is 0 Å². The van der Waals surface area contributed by atoms with Crippen LogP contribution in [-0.4, -0.2) is 5.54 Å². The summed E-state index contributed by atoms with van der Waals surface area (Å²) in [6.45, 7) is 10.4. The molecule has 0 aromatic heterocycles. The third-order valence-corrected chi connectivity index (χ3v) is 3.43. The Kier molecular flexibility index (Phi) is 7.27. The number of hydrogen-bond acceptors (Lipinski definition) is 1. The molecule has 2 heteroatoms. The summed E-state index contributed by atoms with van der Waals surface area (Å²) < 4.78 is 0. The first-order valence-corrected chi connectivity index (χ1v) is 6.47. The van der Waals surface area contributed by atoms with Gasteiger partial charge in [0.25, 0.3) is 0 Å². The molecule has 1 rings (SSSR count). The van der Waals surface area contributed by atoms with E-state index in [2.05, 4.69) is 51.6 Å². The molecule has 18 heavy (non-hydrogen) atoms. The van der Waals surface area contributed by atoms with Gasteiger partial charge in [-0.3, -0.25) is 0 Å². The zero-order valence-corrected chi connectivity index (χ0v) is 12.5. The van der Waals surface area contributed by atoms with Crippen LogP contribution in [0.4, 0.5) is 0 Å². The Morgan fingerprint density at radius 1 is 1.28 bits per heavy atom. The van der Waals surface area contributed by atoms with Crippen LogP contribution in [-0.2, 0) is 0 Å². The lowest BCUT2D eigenvalue weighted by atomic mass is 9.73. The van der Waals surface area contributed by atoms with E-state index in [1.165, 1.54) is 5.56 Å². The maximum Gasteiger partial charge on any atom is 0.0134 e. The standard InChI is InChI=1S/C16H25N.ClH/c1-5-10-15(16(3,4)17)14(6-2)13-11-8-7-9-12-13;/h6-9,11-12,14-15H,2,5,10,17H2,1,3-4H3;1H. The van der Waals surface area contributed by atoms with Crippen LogP contribution in [0.5, 0.6) is 0 Å². The fourth-order valence-corrected chi connectivity index (χ4v) is 2.53. The molecule has 0 bridgehead atoms. The van der Waals surface area contributed by atoms with Crippen LogP contribution in [0.25, 0.3) is 0 Å². The minimum Gasteiger partial charge on any atom is -0.325 e. The Hall–Kier alpha value is -0.790. The largest absolute Gasteiger partial charge is 0.325 e. The van der Waals surface area contributed by atoms with E-state index in [-0.39, 0.29) is 17.9 Å². The van der Waals surface area contributed by atoms with Gasteiger partial charge in [-0.15, -0.1) is 19.0 Å². The summed E-state index contributed by atoms with van der Waals surface area (Å²) in [5, 5.41) is 0. The summed E-state index contributed by atoms with van der Waals surface area (Å²) in [5.41, 5.74) is 7.47. The number of hydrogen-bond donors (Lipinski definition) is 1. The Balaban J connectivity index is 0.00000289. The second kappa shape index (κ2) is 7.60. The predicted octanol–water partition coefficient (Wildman–Crippen LogP) is 4.53. The molecule has 1 aromatic carbocycles. The molecular formula is C16H26ClN. The van der Waals surface area contributed by atoms with Crippen LogP contribution in [0, 0.1) is 5.92 Å². The smallest absolute Gasteiger partial charge is 0.0134 e. The van der Waals surface area contributed by atoms with Crippen molar-refractivity contribution < 1.29 is 0 Å². The molecule has 0 amide bonds. The van der Waals surface area contributed by atoms with Gasteiger partial charge in [-0.1, -0.05) is 49.8 Å². The van der Waals surface area contributed by atoms with Gasteiger partial charge in [0.1, 0.15) is 0 Å². The molecule has 0 aliphatic carbocycles. The van der Waals surface area contributed by atoms with Crippen LogP contribution >= 0.6 is 12.4 Å². The number of nitrogens with two attached hydrogens (primary N) is 1. The first-order valence-electron chi connectivity index (χ1n) is 6.47. The Labute approximate surface area is 118 Å². The van der Waals surface area contributed by atoms with Crippen molar-refractivity contribution in [3.63, 3.8) is 0 Å². The molecule has 1 aromatic rings. The summed E-state index contributed by atoms with van der Waals surface area (Å²) in [7, 11) is 0. The first kappa shape index (κ1) is 17.2. The summed E-state index contributed by atoms with van der Waals surface area (Å²) in [4.78, 5) is 0. The maximum atomic E-state index is 6.33. The maximum absolute atomic E-state index is 6.33. The summed E-state index contributed by atoms with van der Waals surface area (Å²) in [6, 6.07) is 10.5. The van der Waals surface area contributed by atoms with Crippen molar-refractivity contribution in [2.24, 2.45) is 11.7 Å². The molecule has 0 aliphatic heterocycles. The van der Waals surface area contributed by atoms with Gasteiger partial charge in [0.2, 0.25) is 0 Å². The Morgan fingerprint density at radius 2 is 1.83 bits per heavy atom. The van der Waals surface area contributed by atoms with Gasteiger partial charge in [-0.2, -0.15) is 0 Å². The van der Waals surface area contributed by atoms with Gasteiger partial charge in [0.05, 0.1) is 0 Å². The first-order chi connectivity index (χ1) is 8.00. The van der Waals surface area contributed by atoms with E-state index in [0.717, 1.165) is 12.8 Å². The van der Waals surface area contributed by atoms with E-state index >= 15 is 0 Å². The van der Waals surface area contributed by atoms with E-state index in [0.29, 0.717) is 11.8 Å². The fraction of sp³-hybridized carbons (Fsp3) is 0.500. The van der Waals surface area contributed by atoms with Crippen molar-refractivity contribution in [3.05, 3.63) is 48.6 Å². The number of rotatable bonds is 6. The molecule has 0 saturated heterocycles. The van der Waals surface area contributed by atoms with Crippen LogP contribution in [0.1, 0.15) is 45.1 Å². The molecule has 0 fully saturated rings. The molecule has 1 nitrogen and oxygen atoms in total. The molecule has 0 radical (unpaired) electrons. The summed E-state index contributed by atoms with van der Waals surface area (Å²) in [5.74, 6) is 0.781. The number of benzene rings is 1. The molecule has 2 atom stereocenters. The van der Waals surface area contributed by atoms with Crippen LogP contribution in [0.2, 0.25) is 0 Å². The zero-order chi connectivity index (χ0) is 12.9. The van der Waals surface area contributed by atoms with Gasteiger partial charge in [-0.05, 0) is 31.7 Å². The predicted molar refractivity (Wildman–Crippen MR) is 83.3 cm³/mol. The van der Waals surface area contributed by atoms with E-state index in [1.807, 2.05) is 12.1 Å². The van der Waals surface area contributed by atoms with E-state index in [1.54, 1.807) is 0 Å². The molecule has 0 spiro atoms. The molecule has 2 unspecified atom stereocenters. The summed E-state index contributed by atoms with van der Waals surface area (Å²) >= 11 is 0. The van der Waals surface area contributed by atoms with E-state index in [9.17, 15) is 0 Å². The highest BCUT2D eigenvalue weighted by Gasteiger charge is 2.31. The average molecular weight is 268 g/mol. The van der Waals surface area contributed by atoms with E-state index < -0.39 is 0 Å². The minimum atomic E-state index is -0.176. The topological polar surface area (TPSA) is 26.0 Å². The molecular weight excluding hydrogens is 242 g/mol. The van der Waals surface area contributed by atoms with Crippen LogP contribution < -0.4 is 5.73 Å². The van der Waals surface area contributed by atoms with Gasteiger partial charge >= 0.3 is 0 Å². The summed E-state index contributed by atoms with van der Waals surface area (Å²) in [6.07, 6.45) is 4.34. The third kappa shape index (κ3) is 4.47. The Bertz CT molecular complexity index is 340. The Morgan fingerprint density at radius 3 is 2.22 bits per heavy atom. The third-order valence-electron chi connectivity index (χ3n) is 3.43. The van der Waals surface area contributed by atoms with Crippen molar-refractivity contribution in [1.29, 1.82) is 0 Å². The fourth-order valence-electron chi connectivity index (χ4n) is 2.53. The molecule has 0 aliphatic rings. The molecule has 2 N–H and O–H groups in total.